The van der Waals surface area contributed by atoms with E-state index in [-0.39, 0.29) is 18.5 Å². The first kappa shape index (κ1) is 14.2. The van der Waals surface area contributed by atoms with Gasteiger partial charge in [0.25, 0.3) is 0 Å². The summed E-state index contributed by atoms with van der Waals surface area (Å²) in [5, 5.41) is 3.07. The number of aromatic nitrogens is 2. The number of aromatic amines is 1. The van der Waals surface area contributed by atoms with E-state index in [0.717, 1.165) is 22.5 Å². The third-order valence-electron chi connectivity index (χ3n) is 4.51. The lowest BCUT2D eigenvalue weighted by Crippen LogP contribution is -2.30. The molecule has 120 valence electrons. The molecule has 2 aromatic rings. The Balaban J connectivity index is 1.86. The molecule has 0 radical (unpaired) electrons. The second kappa shape index (κ2) is 5.06. The first-order valence-corrected chi connectivity index (χ1v) is 7.83. The van der Waals surface area contributed by atoms with Gasteiger partial charge in [0.15, 0.2) is 0 Å². The summed E-state index contributed by atoms with van der Waals surface area (Å²) in [5.41, 5.74) is 3.62. The number of anilines is 1. The van der Waals surface area contributed by atoms with E-state index in [9.17, 15) is 9.59 Å². The number of rotatable bonds is 4. The molecule has 0 atom stereocenters. The first-order valence-electron chi connectivity index (χ1n) is 7.83. The second-order valence-corrected chi connectivity index (χ2v) is 6.24. The van der Waals surface area contributed by atoms with Crippen molar-refractivity contribution < 1.29 is 9.59 Å². The van der Waals surface area contributed by atoms with E-state index in [2.05, 4.69) is 21.4 Å². The smallest absolute Gasteiger partial charge is 0.331 e. The van der Waals surface area contributed by atoms with Crippen LogP contribution in [0.4, 0.5) is 10.5 Å². The molecule has 1 saturated carbocycles. The molecule has 1 saturated heterocycles. The van der Waals surface area contributed by atoms with Crippen LogP contribution in [0.5, 0.6) is 0 Å². The van der Waals surface area contributed by atoms with E-state index in [1.54, 1.807) is 0 Å². The van der Waals surface area contributed by atoms with Crippen molar-refractivity contribution in [2.45, 2.75) is 25.3 Å². The van der Waals surface area contributed by atoms with Gasteiger partial charge in [0.05, 0.1) is 23.3 Å². The van der Waals surface area contributed by atoms with Crippen LogP contribution in [-0.2, 0) is 11.3 Å². The van der Waals surface area contributed by atoms with Crippen LogP contribution in [0.1, 0.15) is 30.1 Å². The lowest BCUT2D eigenvalue weighted by atomic mass is 10.1. The topological polar surface area (TPSA) is 81.3 Å². The van der Waals surface area contributed by atoms with Gasteiger partial charge in [0.2, 0.25) is 5.91 Å². The lowest BCUT2D eigenvalue weighted by Gasteiger charge is -2.17. The van der Waals surface area contributed by atoms with E-state index in [1.807, 2.05) is 13.1 Å². The molecule has 3 amide bonds. The fraction of sp³-hybridized carbons (Fsp3) is 0.438. The minimum absolute atomic E-state index is 0.0823. The molecule has 4 rings (SSSR count). The summed E-state index contributed by atoms with van der Waals surface area (Å²) in [6, 6.07) is 3.85. The van der Waals surface area contributed by atoms with Gasteiger partial charge in [0.1, 0.15) is 12.4 Å². The maximum Gasteiger partial charge on any atom is 0.331 e. The van der Waals surface area contributed by atoms with Gasteiger partial charge in [-0.1, -0.05) is 0 Å². The molecule has 1 aliphatic heterocycles. The molecule has 23 heavy (non-hydrogen) atoms. The number of nitrogens with one attached hydrogen (secondary N) is 2. The molecular weight excluding hydrogens is 294 g/mol. The molecule has 2 N–H and O–H groups in total. The van der Waals surface area contributed by atoms with E-state index < -0.39 is 0 Å². The first-order chi connectivity index (χ1) is 11.1. The predicted octanol–water partition coefficient (Wildman–Crippen LogP) is 1.56. The Morgan fingerprint density at radius 2 is 2.13 bits per heavy atom. The number of imide groups is 1. The van der Waals surface area contributed by atoms with Crippen LogP contribution >= 0.6 is 0 Å². The maximum absolute atomic E-state index is 12.4. The van der Waals surface area contributed by atoms with Gasteiger partial charge in [-0.3, -0.25) is 14.6 Å². The Bertz CT molecular complexity index is 808. The minimum atomic E-state index is -0.283. The van der Waals surface area contributed by atoms with Crippen molar-refractivity contribution in [3.8, 4) is 0 Å². The van der Waals surface area contributed by atoms with Gasteiger partial charge in [-0.25, -0.2) is 9.78 Å². The molecule has 2 aliphatic rings. The van der Waals surface area contributed by atoms with Crippen molar-refractivity contribution in [2.75, 3.05) is 25.5 Å². The SMILES string of the molecule is CNCc1nc2cc(C3CC3)cc(N3CC(=O)N(C)C3=O)c2[nH]1. The van der Waals surface area contributed by atoms with Crippen molar-refractivity contribution in [2.24, 2.45) is 0 Å². The van der Waals surface area contributed by atoms with Crippen molar-refractivity contribution in [3.63, 3.8) is 0 Å². The number of H-pyrrole nitrogens is 1. The zero-order chi connectivity index (χ0) is 16.1. The average molecular weight is 313 g/mol. The van der Waals surface area contributed by atoms with Crippen molar-refractivity contribution in [1.29, 1.82) is 0 Å². The molecule has 0 unspecified atom stereocenters. The van der Waals surface area contributed by atoms with Crippen LogP contribution in [0.3, 0.4) is 0 Å². The Morgan fingerprint density at radius 1 is 1.35 bits per heavy atom. The number of nitrogens with zero attached hydrogens (tertiary/aromatic N) is 3. The lowest BCUT2D eigenvalue weighted by molar-refractivity contribution is -0.123. The number of carbonyl (C=O) groups excluding carboxylic acids is 2. The van der Waals surface area contributed by atoms with Gasteiger partial charge in [-0.05, 0) is 43.5 Å². The Hall–Kier alpha value is -2.41. The normalized spacial score (nSPS) is 18.5. The van der Waals surface area contributed by atoms with Crippen LogP contribution in [0.15, 0.2) is 12.1 Å². The van der Waals surface area contributed by atoms with E-state index >= 15 is 0 Å². The van der Waals surface area contributed by atoms with Gasteiger partial charge in [-0.2, -0.15) is 0 Å². The molecule has 0 spiro atoms. The van der Waals surface area contributed by atoms with Crippen molar-refractivity contribution >= 4 is 28.7 Å². The van der Waals surface area contributed by atoms with Gasteiger partial charge in [-0.15, -0.1) is 0 Å². The molecule has 2 fully saturated rings. The Kier molecular flexibility index (Phi) is 3.12. The largest absolute Gasteiger partial charge is 0.339 e. The third-order valence-corrected chi connectivity index (χ3v) is 4.51. The summed E-state index contributed by atoms with van der Waals surface area (Å²) in [5.74, 6) is 1.19. The van der Waals surface area contributed by atoms with E-state index in [4.69, 9.17) is 0 Å². The number of hydrogen-bond acceptors (Lipinski definition) is 4. The minimum Gasteiger partial charge on any atom is -0.339 e. The highest BCUT2D eigenvalue weighted by Crippen LogP contribution is 2.43. The second-order valence-electron chi connectivity index (χ2n) is 6.24. The van der Waals surface area contributed by atoms with Crippen LogP contribution in [-0.4, -0.2) is 47.4 Å². The summed E-state index contributed by atoms with van der Waals surface area (Å²) < 4.78 is 0. The molecule has 0 bridgehead atoms. The number of hydrogen-bond donors (Lipinski definition) is 2. The van der Waals surface area contributed by atoms with E-state index in [1.165, 1.54) is 35.3 Å². The van der Waals surface area contributed by atoms with Crippen molar-refractivity contribution in [1.82, 2.24) is 20.2 Å². The van der Waals surface area contributed by atoms with Crippen LogP contribution in [0.25, 0.3) is 11.0 Å². The zero-order valence-electron chi connectivity index (χ0n) is 13.2. The number of imidazole rings is 1. The fourth-order valence-electron chi connectivity index (χ4n) is 3.07. The molecule has 1 aromatic heterocycles. The standard InChI is InChI=1S/C16H19N5O2/c1-17-7-13-18-11-5-10(9-3-4-9)6-12(15(11)19-13)21-8-14(22)20(2)16(21)23/h5-6,9,17H,3-4,7-8H2,1-2H3,(H,18,19). The maximum atomic E-state index is 12.4. The molecule has 1 aliphatic carbocycles. The predicted molar refractivity (Wildman–Crippen MR) is 86.3 cm³/mol. The highest BCUT2D eigenvalue weighted by atomic mass is 16.2. The molecule has 1 aromatic carbocycles. The van der Waals surface area contributed by atoms with Gasteiger partial charge < -0.3 is 10.3 Å². The summed E-state index contributed by atoms with van der Waals surface area (Å²) >= 11 is 0. The monoisotopic (exact) mass is 313 g/mol. The molecule has 7 nitrogen and oxygen atoms in total. The molecule has 2 heterocycles. The molecular formula is C16H19N5O2. The summed E-state index contributed by atoms with van der Waals surface area (Å²) in [6.07, 6.45) is 2.34. The number of benzene rings is 1. The summed E-state index contributed by atoms with van der Waals surface area (Å²) in [4.78, 5) is 34.8. The van der Waals surface area contributed by atoms with Gasteiger partial charge >= 0.3 is 6.03 Å². The van der Waals surface area contributed by atoms with Gasteiger partial charge in [0, 0.05) is 7.05 Å². The highest BCUT2D eigenvalue weighted by Gasteiger charge is 2.36. The summed E-state index contributed by atoms with van der Waals surface area (Å²) in [7, 11) is 3.38. The fourth-order valence-corrected chi connectivity index (χ4v) is 3.07. The number of amides is 3. The summed E-state index contributed by atoms with van der Waals surface area (Å²) in [6.45, 7) is 0.707. The van der Waals surface area contributed by atoms with Crippen LogP contribution in [0.2, 0.25) is 0 Å². The number of fused-ring (bicyclic) bond motifs is 1. The van der Waals surface area contributed by atoms with Crippen LogP contribution < -0.4 is 10.2 Å². The number of carbonyl (C=O) groups is 2. The number of likely N-dealkylation sites (N-methyl/N-ethyl adjacent to an activating group) is 1. The highest BCUT2D eigenvalue weighted by molar-refractivity contribution is 6.14. The zero-order valence-corrected chi connectivity index (χ0v) is 13.2. The third kappa shape index (κ3) is 2.28. The van der Waals surface area contributed by atoms with E-state index in [0.29, 0.717) is 12.5 Å². The Labute approximate surface area is 133 Å². The quantitative estimate of drug-likeness (QED) is 0.839. The van der Waals surface area contributed by atoms with Crippen LogP contribution in [0, 0.1) is 0 Å². The Morgan fingerprint density at radius 3 is 2.74 bits per heavy atom. The molecule has 7 heteroatoms. The van der Waals surface area contributed by atoms with Crippen molar-refractivity contribution in [3.05, 3.63) is 23.5 Å². The average Bonchev–Trinajstić information content (AvgIpc) is 3.25. The number of urea groups is 1.